The molecule has 134 valence electrons. The van der Waals surface area contributed by atoms with E-state index in [1.165, 1.54) is 4.90 Å². The normalized spacial score (nSPS) is 26.9. The Labute approximate surface area is 150 Å². The molecular weight excluding hydrogens is 346 g/mol. The first-order chi connectivity index (χ1) is 12.1. The largest absolute Gasteiger partial charge is 0.347 e. The standard InChI is InChI=1S/C17H20ClN3O4/c18-12-1-3-13(4-2-12)21-15(22)11-14(19-16(21)23)20-7-5-17(6-8-20)24-9-10-25-17/h1-4,14H,5-11H2,(H,19,23). The Hall–Kier alpha value is -1.67. The number of carbonyl (C=O) groups is 2. The highest BCUT2D eigenvalue weighted by molar-refractivity contribution is 6.30. The molecule has 0 aliphatic carbocycles. The zero-order valence-corrected chi connectivity index (χ0v) is 14.5. The summed E-state index contributed by atoms with van der Waals surface area (Å²) in [6.45, 7) is 2.71. The van der Waals surface area contributed by atoms with Gasteiger partial charge in [-0.15, -0.1) is 0 Å². The number of nitrogens with zero attached hydrogens (tertiary/aromatic N) is 2. The quantitative estimate of drug-likeness (QED) is 0.867. The molecular formula is C17H20ClN3O4. The number of hydrogen-bond donors (Lipinski definition) is 1. The number of halogens is 1. The molecule has 3 aliphatic rings. The molecule has 0 aromatic heterocycles. The molecule has 0 saturated carbocycles. The van der Waals surface area contributed by atoms with Crippen LogP contribution in [0.1, 0.15) is 19.3 Å². The van der Waals surface area contributed by atoms with Crippen molar-refractivity contribution in [3.8, 4) is 0 Å². The van der Waals surface area contributed by atoms with Crippen LogP contribution in [-0.4, -0.2) is 55.1 Å². The minimum atomic E-state index is -0.464. The van der Waals surface area contributed by atoms with Crippen LogP contribution in [0.25, 0.3) is 0 Å². The molecule has 1 spiro atoms. The van der Waals surface area contributed by atoms with Gasteiger partial charge in [0.2, 0.25) is 5.91 Å². The van der Waals surface area contributed by atoms with Gasteiger partial charge in [0.05, 0.1) is 31.5 Å². The number of ether oxygens (including phenoxy) is 2. The number of piperidine rings is 1. The molecule has 3 amide bonds. The topological polar surface area (TPSA) is 71.1 Å². The van der Waals surface area contributed by atoms with Gasteiger partial charge in [0, 0.05) is 31.0 Å². The van der Waals surface area contributed by atoms with Gasteiger partial charge < -0.3 is 14.8 Å². The number of amides is 3. The van der Waals surface area contributed by atoms with Gasteiger partial charge in [0.1, 0.15) is 0 Å². The van der Waals surface area contributed by atoms with E-state index in [-0.39, 0.29) is 18.5 Å². The van der Waals surface area contributed by atoms with Crippen molar-refractivity contribution in [1.82, 2.24) is 10.2 Å². The molecule has 1 atom stereocenters. The number of imide groups is 1. The molecule has 4 rings (SSSR count). The van der Waals surface area contributed by atoms with Crippen molar-refractivity contribution in [2.75, 3.05) is 31.2 Å². The second-order valence-electron chi connectivity index (χ2n) is 6.52. The van der Waals surface area contributed by atoms with Crippen LogP contribution in [-0.2, 0) is 14.3 Å². The van der Waals surface area contributed by atoms with Crippen molar-refractivity contribution >= 4 is 29.2 Å². The molecule has 25 heavy (non-hydrogen) atoms. The van der Waals surface area contributed by atoms with Crippen LogP contribution in [0.15, 0.2) is 24.3 Å². The summed E-state index contributed by atoms with van der Waals surface area (Å²) in [5.74, 6) is -0.682. The SMILES string of the molecule is O=C1CC(N2CCC3(CC2)OCCO3)NC(=O)N1c1ccc(Cl)cc1. The van der Waals surface area contributed by atoms with E-state index >= 15 is 0 Å². The van der Waals surface area contributed by atoms with E-state index < -0.39 is 11.8 Å². The Kier molecular flexibility index (Phi) is 4.41. The van der Waals surface area contributed by atoms with E-state index in [0.717, 1.165) is 25.9 Å². The minimum Gasteiger partial charge on any atom is -0.347 e. The number of carbonyl (C=O) groups excluding carboxylic acids is 2. The molecule has 7 nitrogen and oxygen atoms in total. The molecule has 3 aliphatic heterocycles. The highest BCUT2D eigenvalue weighted by atomic mass is 35.5. The lowest BCUT2D eigenvalue weighted by Gasteiger charge is -2.43. The van der Waals surface area contributed by atoms with Crippen LogP contribution < -0.4 is 10.2 Å². The fraction of sp³-hybridized carbons (Fsp3) is 0.529. The third-order valence-corrected chi connectivity index (χ3v) is 5.26. The maximum Gasteiger partial charge on any atom is 0.329 e. The van der Waals surface area contributed by atoms with E-state index in [4.69, 9.17) is 21.1 Å². The average molecular weight is 366 g/mol. The zero-order valence-electron chi connectivity index (χ0n) is 13.7. The summed E-state index contributed by atoms with van der Waals surface area (Å²) in [5, 5.41) is 3.50. The molecule has 8 heteroatoms. The second-order valence-corrected chi connectivity index (χ2v) is 6.95. The van der Waals surface area contributed by atoms with Crippen molar-refractivity contribution < 1.29 is 19.1 Å². The molecule has 3 heterocycles. The third-order valence-electron chi connectivity index (χ3n) is 5.01. The molecule has 1 unspecified atom stereocenters. The molecule has 1 N–H and O–H groups in total. The first-order valence-electron chi connectivity index (χ1n) is 8.47. The fourth-order valence-corrected chi connectivity index (χ4v) is 3.79. The smallest absolute Gasteiger partial charge is 0.329 e. The molecule has 0 radical (unpaired) electrons. The zero-order chi connectivity index (χ0) is 17.4. The van der Waals surface area contributed by atoms with Gasteiger partial charge >= 0.3 is 6.03 Å². The lowest BCUT2D eigenvalue weighted by atomic mass is 10.0. The summed E-state index contributed by atoms with van der Waals surface area (Å²) in [6, 6.07) is 6.25. The Morgan fingerprint density at radius 1 is 1.08 bits per heavy atom. The van der Waals surface area contributed by atoms with Crippen molar-refractivity contribution in [1.29, 1.82) is 0 Å². The van der Waals surface area contributed by atoms with Gasteiger partial charge in [-0.3, -0.25) is 9.69 Å². The Balaban J connectivity index is 1.41. The van der Waals surface area contributed by atoms with Crippen molar-refractivity contribution in [3.63, 3.8) is 0 Å². The summed E-state index contributed by atoms with van der Waals surface area (Å²) >= 11 is 5.87. The molecule has 0 bridgehead atoms. The van der Waals surface area contributed by atoms with Crippen LogP contribution in [0.5, 0.6) is 0 Å². The monoisotopic (exact) mass is 365 g/mol. The van der Waals surface area contributed by atoms with Crippen molar-refractivity contribution in [2.24, 2.45) is 0 Å². The summed E-state index contributed by atoms with van der Waals surface area (Å²) in [6.07, 6.45) is 1.44. The van der Waals surface area contributed by atoms with Gasteiger partial charge in [-0.25, -0.2) is 9.69 Å². The fourth-order valence-electron chi connectivity index (χ4n) is 3.66. The van der Waals surface area contributed by atoms with Gasteiger partial charge in [-0.1, -0.05) is 11.6 Å². The Bertz CT molecular complexity index is 647. The van der Waals surface area contributed by atoms with Gasteiger partial charge in [-0.2, -0.15) is 0 Å². The molecule has 1 aromatic carbocycles. The maximum absolute atomic E-state index is 12.5. The predicted octanol–water partition coefficient (Wildman–Crippen LogP) is 1.95. The second kappa shape index (κ2) is 6.57. The van der Waals surface area contributed by atoms with Gasteiger partial charge in [0.15, 0.2) is 5.79 Å². The van der Waals surface area contributed by atoms with Crippen LogP contribution in [0.4, 0.5) is 10.5 Å². The van der Waals surface area contributed by atoms with Crippen LogP contribution in [0.2, 0.25) is 5.02 Å². The number of rotatable bonds is 2. The highest BCUT2D eigenvalue weighted by Gasteiger charge is 2.43. The maximum atomic E-state index is 12.5. The van der Waals surface area contributed by atoms with E-state index in [1.54, 1.807) is 24.3 Å². The van der Waals surface area contributed by atoms with Crippen LogP contribution in [0, 0.1) is 0 Å². The summed E-state index contributed by atoms with van der Waals surface area (Å²) in [4.78, 5) is 28.3. The highest BCUT2D eigenvalue weighted by Crippen LogP contribution is 2.32. The van der Waals surface area contributed by atoms with Crippen LogP contribution >= 0.6 is 11.6 Å². The molecule has 1 aromatic rings. The van der Waals surface area contributed by atoms with E-state index in [1.807, 2.05) is 0 Å². The van der Waals surface area contributed by atoms with Gasteiger partial charge in [0.25, 0.3) is 0 Å². The number of nitrogens with one attached hydrogen (secondary N) is 1. The Morgan fingerprint density at radius 2 is 1.72 bits per heavy atom. The number of hydrogen-bond acceptors (Lipinski definition) is 5. The number of benzene rings is 1. The molecule has 3 fully saturated rings. The number of anilines is 1. The lowest BCUT2D eigenvalue weighted by molar-refractivity contribution is -0.188. The molecule has 3 saturated heterocycles. The van der Waals surface area contributed by atoms with E-state index in [2.05, 4.69) is 10.2 Å². The predicted molar refractivity (Wildman–Crippen MR) is 91.3 cm³/mol. The number of urea groups is 1. The average Bonchev–Trinajstić information content (AvgIpc) is 3.05. The van der Waals surface area contributed by atoms with Crippen molar-refractivity contribution in [2.45, 2.75) is 31.2 Å². The third kappa shape index (κ3) is 3.25. The van der Waals surface area contributed by atoms with E-state index in [0.29, 0.717) is 23.9 Å². The first kappa shape index (κ1) is 16.8. The van der Waals surface area contributed by atoms with Gasteiger partial charge in [-0.05, 0) is 24.3 Å². The summed E-state index contributed by atoms with van der Waals surface area (Å²) < 4.78 is 11.4. The summed E-state index contributed by atoms with van der Waals surface area (Å²) in [7, 11) is 0. The van der Waals surface area contributed by atoms with Crippen LogP contribution in [0.3, 0.4) is 0 Å². The Morgan fingerprint density at radius 3 is 2.32 bits per heavy atom. The van der Waals surface area contributed by atoms with Crippen molar-refractivity contribution in [3.05, 3.63) is 29.3 Å². The van der Waals surface area contributed by atoms with E-state index in [9.17, 15) is 9.59 Å². The number of likely N-dealkylation sites (tertiary alicyclic amines) is 1. The lowest BCUT2D eigenvalue weighted by Crippen LogP contribution is -2.62. The first-order valence-corrected chi connectivity index (χ1v) is 8.85. The minimum absolute atomic E-state index is 0.218. The summed E-state index contributed by atoms with van der Waals surface area (Å²) in [5.41, 5.74) is 0.524.